The molecule has 10 heteroatoms. The molecule has 3 aromatic carbocycles. The van der Waals surface area contributed by atoms with E-state index in [2.05, 4.69) is 17.1 Å². The topological polar surface area (TPSA) is 96.9 Å². The number of anilines is 2. The lowest BCUT2D eigenvalue weighted by Crippen LogP contribution is -2.49. The summed E-state index contributed by atoms with van der Waals surface area (Å²) in [5.74, 6) is 2.82. The molecule has 5 rings (SSSR count). The Balaban J connectivity index is 1.33. The van der Waals surface area contributed by atoms with Crippen LogP contribution in [0.1, 0.15) is 18.8 Å². The van der Waals surface area contributed by atoms with E-state index >= 15 is 0 Å². The number of hydrogen-bond donors (Lipinski definition) is 1. The molecule has 38 heavy (non-hydrogen) atoms. The lowest BCUT2D eigenvalue weighted by molar-refractivity contribution is 0.141. The van der Waals surface area contributed by atoms with Gasteiger partial charge in [0.15, 0.2) is 0 Å². The van der Waals surface area contributed by atoms with Gasteiger partial charge in [0, 0.05) is 37.3 Å². The lowest BCUT2D eigenvalue weighted by Gasteiger charge is -2.36. The van der Waals surface area contributed by atoms with Crippen molar-refractivity contribution in [3.63, 3.8) is 0 Å². The zero-order valence-corrected chi connectivity index (χ0v) is 22.5. The van der Waals surface area contributed by atoms with Gasteiger partial charge in [-0.1, -0.05) is 12.1 Å². The van der Waals surface area contributed by atoms with E-state index in [0.717, 1.165) is 28.2 Å². The van der Waals surface area contributed by atoms with Crippen molar-refractivity contribution in [1.82, 2.24) is 19.2 Å². The summed E-state index contributed by atoms with van der Waals surface area (Å²) in [5, 5.41) is 4.35. The van der Waals surface area contributed by atoms with Crippen molar-refractivity contribution in [3.05, 3.63) is 78.6 Å². The van der Waals surface area contributed by atoms with Crippen LogP contribution in [0.15, 0.2) is 77.7 Å². The van der Waals surface area contributed by atoms with Crippen LogP contribution < -0.4 is 14.8 Å². The second-order valence-corrected chi connectivity index (χ2v) is 11.0. The van der Waals surface area contributed by atoms with E-state index in [-0.39, 0.29) is 10.9 Å². The third-order valence-electron chi connectivity index (χ3n) is 6.87. The molecule has 9 nitrogen and oxygen atoms in total. The van der Waals surface area contributed by atoms with E-state index < -0.39 is 10.0 Å². The van der Waals surface area contributed by atoms with Gasteiger partial charge in [-0.3, -0.25) is 4.90 Å². The number of aromatic nitrogens is 2. The monoisotopic (exact) mass is 533 g/mol. The fourth-order valence-corrected chi connectivity index (χ4v) is 6.00. The molecule has 0 amide bonds. The summed E-state index contributed by atoms with van der Waals surface area (Å²) >= 11 is 0. The van der Waals surface area contributed by atoms with E-state index in [4.69, 9.17) is 19.4 Å². The first-order chi connectivity index (χ1) is 18.4. The molecule has 1 aliphatic rings. The molecule has 0 aliphatic carbocycles. The van der Waals surface area contributed by atoms with Gasteiger partial charge in [-0.25, -0.2) is 18.4 Å². The second-order valence-electron chi connectivity index (χ2n) is 9.09. The number of para-hydroxylation sites is 1. The first kappa shape index (κ1) is 25.9. The molecule has 0 unspecified atom stereocenters. The minimum absolute atomic E-state index is 0.0955. The second kappa shape index (κ2) is 10.9. The number of benzene rings is 3. The Morgan fingerprint density at radius 1 is 0.816 bits per heavy atom. The fourth-order valence-electron chi connectivity index (χ4n) is 4.58. The van der Waals surface area contributed by atoms with Gasteiger partial charge in [-0.2, -0.15) is 4.31 Å². The maximum absolute atomic E-state index is 13.2. The number of ether oxygens (including phenoxy) is 2. The number of sulfonamides is 1. The van der Waals surface area contributed by atoms with Crippen LogP contribution in [0.5, 0.6) is 11.5 Å². The van der Waals surface area contributed by atoms with Crippen molar-refractivity contribution in [2.45, 2.75) is 17.9 Å². The Morgan fingerprint density at radius 3 is 2.05 bits per heavy atom. The van der Waals surface area contributed by atoms with E-state index in [0.29, 0.717) is 37.8 Å². The normalized spacial score (nSPS) is 15.8. The van der Waals surface area contributed by atoms with Gasteiger partial charge in [-0.05, 0) is 67.6 Å². The van der Waals surface area contributed by atoms with E-state index in [1.807, 2.05) is 48.5 Å². The highest BCUT2D eigenvalue weighted by Gasteiger charge is 2.31. The molecule has 2 heterocycles. The smallest absolute Gasteiger partial charge is 0.243 e. The number of nitrogens with zero attached hydrogens (tertiary/aromatic N) is 4. The summed E-state index contributed by atoms with van der Waals surface area (Å²) in [4.78, 5) is 12.3. The third kappa shape index (κ3) is 5.28. The minimum Gasteiger partial charge on any atom is -0.497 e. The molecule has 0 bridgehead atoms. The molecule has 0 saturated carbocycles. The summed E-state index contributed by atoms with van der Waals surface area (Å²) in [6.07, 6.45) is 0. The van der Waals surface area contributed by atoms with Gasteiger partial charge in [0.2, 0.25) is 10.0 Å². The van der Waals surface area contributed by atoms with Crippen molar-refractivity contribution in [3.8, 4) is 11.5 Å². The third-order valence-corrected chi connectivity index (χ3v) is 8.78. The van der Waals surface area contributed by atoms with Crippen LogP contribution >= 0.6 is 0 Å². The van der Waals surface area contributed by atoms with E-state index in [9.17, 15) is 8.42 Å². The molecule has 0 radical (unpaired) electrons. The average Bonchev–Trinajstić information content (AvgIpc) is 2.97. The maximum Gasteiger partial charge on any atom is 0.243 e. The molecule has 1 aromatic heterocycles. The Hall–Kier alpha value is -3.73. The zero-order valence-electron chi connectivity index (χ0n) is 21.7. The van der Waals surface area contributed by atoms with E-state index in [1.165, 1.54) is 4.31 Å². The number of methoxy groups -OCH3 is 2. The van der Waals surface area contributed by atoms with Crippen LogP contribution in [0.3, 0.4) is 0 Å². The Labute approximate surface area is 223 Å². The highest BCUT2D eigenvalue weighted by Crippen LogP contribution is 2.29. The first-order valence-electron chi connectivity index (χ1n) is 12.4. The van der Waals surface area contributed by atoms with Gasteiger partial charge in [0.05, 0.1) is 30.7 Å². The summed E-state index contributed by atoms with van der Waals surface area (Å²) in [5.41, 5.74) is 1.74. The molecule has 0 spiro atoms. The zero-order chi connectivity index (χ0) is 26.7. The van der Waals surface area contributed by atoms with Crippen LogP contribution in [-0.2, 0) is 10.0 Å². The maximum atomic E-state index is 13.2. The highest BCUT2D eigenvalue weighted by molar-refractivity contribution is 7.89. The molecule has 198 valence electrons. The number of piperazine rings is 1. The van der Waals surface area contributed by atoms with Crippen molar-refractivity contribution in [2.24, 2.45) is 0 Å². The van der Waals surface area contributed by atoms with Gasteiger partial charge in [-0.15, -0.1) is 0 Å². The minimum atomic E-state index is -3.58. The Bertz CT molecular complexity index is 1500. The van der Waals surface area contributed by atoms with Crippen LogP contribution in [-0.4, -0.2) is 68.0 Å². The van der Waals surface area contributed by atoms with Gasteiger partial charge in [0.25, 0.3) is 0 Å². The summed E-state index contributed by atoms with van der Waals surface area (Å²) in [7, 11) is -0.377. The van der Waals surface area contributed by atoms with Crippen LogP contribution in [0.25, 0.3) is 10.9 Å². The molecular formula is C28H31N5O4S. The van der Waals surface area contributed by atoms with Crippen molar-refractivity contribution in [1.29, 1.82) is 0 Å². The molecule has 1 aliphatic heterocycles. The van der Waals surface area contributed by atoms with Gasteiger partial charge in [0.1, 0.15) is 23.1 Å². The number of nitrogens with one attached hydrogen (secondary N) is 1. The van der Waals surface area contributed by atoms with Crippen molar-refractivity contribution in [2.75, 3.05) is 45.7 Å². The number of hydrogen-bond acceptors (Lipinski definition) is 8. The Kier molecular flexibility index (Phi) is 7.46. The Morgan fingerprint density at radius 2 is 1.42 bits per heavy atom. The quantitative estimate of drug-likeness (QED) is 0.355. The van der Waals surface area contributed by atoms with Crippen LogP contribution in [0.2, 0.25) is 0 Å². The van der Waals surface area contributed by atoms with E-state index in [1.54, 1.807) is 38.5 Å². The SMILES string of the molecule is COc1ccc(Nc2nc([C@@H](C)N3CCN(S(=O)(=O)c4ccc(OC)cc4)CC3)nc3ccccc23)cc1. The van der Waals surface area contributed by atoms with Crippen LogP contribution in [0, 0.1) is 0 Å². The molecule has 1 N–H and O–H groups in total. The largest absolute Gasteiger partial charge is 0.497 e. The average molecular weight is 534 g/mol. The van der Waals surface area contributed by atoms with Crippen LogP contribution in [0.4, 0.5) is 11.5 Å². The van der Waals surface area contributed by atoms with Gasteiger partial charge >= 0.3 is 0 Å². The summed E-state index contributed by atoms with van der Waals surface area (Å²) in [6, 6.07) is 22.0. The van der Waals surface area contributed by atoms with Crippen molar-refractivity contribution >= 4 is 32.4 Å². The highest BCUT2D eigenvalue weighted by atomic mass is 32.2. The van der Waals surface area contributed by atoms with Gasteiger partial charge < -0.3 is 14.8 Å². The fraction of sp³-hybridized carbons (Fsp3) is 0.286. The van der Waals surface area contributed by atoms with Crippen molar-refractivity contribution < 1.29 is 17.9 Å². The predicted molar refractivity (Wildman–Crippen MR) is 148 cm³/mol. The molecule has 4 aromatic rings. The molecule has 1 atom stereocenters. The molecule has 1 saturated heterocycles. The molecular weight excluding hydrogens is 502 g/mol. The predicted octanol–water partition coefficient (Wildman–Crippen LogP) is 4.46. The summed E-state index contributed by atoms with van der Waals surface area (Å²) < 4.78 is 38.3. The number of fused-ring (bicyclic) bond motifs is 1. The molecule has 1 fully saturated rings. The lowest BCUT2D eigenvalue weighted by atomic mass is 10.2. The standard InChI is InChI=1S/C28H31N5O4S/c1-20(32-16-18-33(19-17-32)38(34,35)24-14-12-23(37-3)13-15-24)27-30-26-7-5-4-6-25(26)28(31-27)29-21-8-10-22(36-2)11-9-21/h4-15,20H,16-19H2,1-3H3,(H,29,30,31)/t20-/m1/s1. The first-order valence-corrected chi connectivity index (χ1v) is 13.9. The number of rotatable bonds is 8. The summed E-state index contributed by atoms with van der Waals surface area (Å²) in [6.45, 7) is 4.00.